The first-order valence-electron chi connectivity index (χ1n) is 10.8. The second-order valence-corrected chi connectivity index (χ2v) is 7.41. The normalized spacial score (nSPS) is 12.6. The summed E-state index contributed by atoms with van der Waals surface area (Å²) in [5, 5.41) is 26.8. The molecule has 3 atom stereocenters. The largest absolute Gasteiger partial charge is 0.481 e. The lowest BCUT2D eigenvalue weighted by molar-refractivity contribution is -0.149. The molecule has 0 saturated heterocycles. The number of carbonyl (C=O) groups excluding carboxylic acids is 5. The van der Waals surface area contributed by atoms with E-state index in [4.69, 9.17) is 27.4 Å². The minimum Gasteiger partial charge on any atom is -0.481 e. The molecule has 0 aromatic rings. The third kappa shape index (κ3) is 15.2. The molecule has 0 unspecified atom stereocenters. The fourth-order valence-corrected chi connectivity index (χ4v) is 2.59. The smallest absolute Gasteiger partial charge is 0.329 e. The van der Waals surface area contributed by atoms with E-state index in [1.165, 1.54) is 0 Å². The summed E-state index contributed by atoms with van der Waals surface area (Å²) >= 11 is 0. The highest BCUT2D eigenvalue weighted by molar-refractivity contribution is 5.95. The number of guanidine groups is 1. The van der Waals surface area contributed by atoms with Crippen molar-refractivity contribution in [1.82, 2.24) is 21.3 Å². The van der Waals surface area contributed by atoms with Crippen molar-refractivity contribution in [3.8, 4) is 0 Å². The van der Waals surface area contributed by atoms with Gasteiger partial charge in [-0.05, 0) is 12.8 Å². The molecular formula is C19H32N8O10. The summed E-state index contributed by atoms with van der Waals surface area (Å²) in [5.74, 6) is -7.66. The number of carboxylic acid groups (broad SMARTS) is 2. The first-order chi connectivity index (χ1) is 17.3. The van der Waals surface area contributed by atoms with E-state index in [0.29, 0.717) is 0 Å². The summed E-state index contributed by atoms with van der Waals surface area (Å²) < 4.78 is 4.53. The quantitative estimate of drug-likeness (QED) is 0.0366. The summed E-state index contributed by atoms with van der Waals surface area (Å²) in [4.78, 5) is 85.8. The molecule has 0 bridgehead atoms. The van der Waals surface area contributed by atoms with Gasteiger partial charge in [0.2, 0.25) is 23.6 Å². The summed E-state index contributed by atoms with van der Waals surface area (Å²) in [6.45, 7) is -0.691. The Bertz CT molecular complexity index is 890. The van der Waals surface area contributed by atoms with Crippen LogP contribution in [0, 0.1) is 0 Å². The summed E-state index contributed by atoms with van der Waals surface area (Å²) in [5.41, 5.74) is 15.7. The maximum absolute atomic E-state index is 12.5. The molecule has 0 aromatic heterocycles. The first-order valence-corrected chi connectivity index (χ1v) is 10.8. The van der Waals surface area contributed by atoms with Crippen molar-refractivity contribution in [2.24, 2.45) is 22.2 Å². The van der Waals surface area contributed by atoms with E-state index in [2.05, 4.69) is 25.7 Å². The molecule has 0 radical (unpaired) electrons. The van der Waals surface area contributed by atoms with Crippen molar-refractivity contribution in [1.29, 1.82) is 0 Å². The van der Waals surface area contributed by atoms with Gasteiger partial charge in [-0.2, -0.15) is 0 Å². The van der Waals surface area contributed by atoms with Crippen LogP contribution in [0.5, 0.6) is 0 Å². The molecule has 12 N–H and O–H groups in total. The second-order valence-electron chi connectivity index (χ2n) is 7.41. The molecule has 4 amide bonds. The summed E-state index contributed by atoms with van der Waals surface area (Å²) in [6, 6.07) is -4.54. The highest BCUT2D eigenvalue weighted by Crippen LogP contribution is 2.00. The van der Waals surface area contributed by atoms with Crippen LogP contribution in [0.25, 0.3) is 0 Å². The van der Waals surface area contributed by atoms with Gasteiger partial charge in [0.05, 0.1) is 19.5 Å². The SMILES string of the molecule is CC(=O)OC[C@H](NC(=O)[C@H](CC(=O)O)NC(=O)CNC(=O)[C@H](CCCN=C(N)N)NC(=O)CN)C(=O)O. The Morgan fingerprint density at radius 3 is 2.03 bits per heavy atom. The summed E-state index contributed by atoms with van der Waals surface area (Å²) in [6.07, 6.45) is -0.559. The Labute approximate surface area is 210 Å². The lowest BCUT2D eigenvalue weighted by Gasteiger charge is -2.21. The zero-order valence-electron chi connectivity index (χ0n) is 20.0. The average Bonchev–Trinajstić information content (AvgIpc) is 2.80. The number of aliphatic carboxylic acids is 2. The van der Waals surface area contributed by atoms with E-state index in [1.54, 1.807) is 0 Å². The molecule has 0 saturated carbocycles. The number of ether oxygens (including phenoxy) is 1. The molecule has 0 aliphatic rings. The minimum absolute atomic E-state index is 0.0823. The lowest BCUT2D eigenvalue weighted by Crippen LogP contribution is -2.55. The Hall–Kier alpha value is -4.48. The number of hydrogen-bond acceptors (Lipinski definition) is 10. The standard InChI is InChI=1S/C19H32N8O10/c1-9(28)37-8-12(18(35)36)27-17(34)11(5-15(31)32)26-14(30)7-24-16(33)10(25-13(29)6-20)3-2-4-23-19(21)22/h10-12H,2-8,20H2,1H3,(H,24,33)(H,25,29)(H,26,30)(H,27,34)(H,31,32)(H,35,36)(H4,21,22,23)/t10-,11-,12-/m0/s1. The Kier molecular flexibility index (Phi) is 15.0. The van der Waals surface area contributed by atoms with Gasteiger partial charge in [-0.15, -0.1) is 0 Å². The number of carboxylic acids is 2. The van der Waals surface area contributed by atoms with Crippen LogP contribution >= 0.6 is 0 Å². The minimum atomic E-state index is -1.73. The van der Waals surface area contributed by atoms with Gasteiger partial charge in [0.15, 0.2) is 12.0 Å². The topological polar surface area (TPSA) is 308 Å². The van der Waals surface area contributed by atoms with Crippen molar-refractivity contribution in [3.63, 3.8) is 0 Å². The van der Waals surface area contributed by atoms with Crippen molar-refractivity contribution in [2.75, 3.05) is 26.2 Å². The number of esters is 1. The molecule has 0 spiro atoms. The lowest BCUT2D eigenvalue weighted by atomic mass is 10.1. The third-order valence-electron chi connectivity index (χ3n) is 4.30. The van der Waals surface area contributed by atoms with Gasteiger partial charge in [0.1, 0.15) is 18.7 Å². The van der Waals surface area contributed by atoms with E-state index in [1.807, 2.05) is 5.32 Å². The molecule has 18 nitrogen and oxygen atoms in total. The van der Waals surface area contributed by atoms with E-state index >= 15 is 0 Å². The van der Waals surface area contributed by atoms with Crippen LogP contribution in [0.15, 0.2) is 4.99 Å². The van der Waals surface area contributed by atoms with E-state index in [9.17, 15) is 33.6 Å². The van der Waals surface area contributed by atoms with Crippen LogP contribution in [0.4, 0.5) is 0 Å². The van der Waals surface area contributed by atoms with Crippen molar-refractivity contribution in [2.45, 2.75) is 44.3 Å². The van der Waals surface area contributed by atoms with Gasteiger partial charge in [0.25, 0.3) is 0 Å². The molecule has 0 fully saturated rings. The predicted octanol–water partition coefficient (Wildman–Crippen LogP) is -5.31. The van der Waals surface area contributed by atoms with E-state index in [-0.39, 0.29) is 25.3 Å². The van der Waals surface area contributed by atoms with Crippen molar-refractivity contribution >= 4 is 47.5 Å². The first kappa shape index (κ1) is 32.5. The van der Waals surface area contributed by atoms with Gasteiger partial charge in [-0.25, -0.2) is 4.79 Å². The van der Waals surface area contributed by atoms with Crippen LogP contribution in [-0.4, -0.2) is 102 Å². The van der Waals surface area contributed by atoms with E-state index in [0.717, 1.165) is 6.92 Å². The average molecular weight is 533 g/mol. The van der Waals surface area contributed by atoms with E-state index < -0.39 is 85.8 Å². The number of hydrogen-bond donors (Lipinski definition) is 9. The molecule has 0 rings (SSSR count). The number of aliphatic imine (C=N–C) groups is 1. The summed E-state index contributed by atoms with van der Waals surface area (Å²) in [7, 11) is 0. The number of amides is 4. The fourth-order valence-electron chi connectivity index (χ4n) is 2.59. The highest BCUT2D eigenvalue weighted by Gasteiger charge is 2.29. The number of nitrogens with one attached hydrogen (secondary N) is 4. The van der Waals surface area contributed by atoms with Gasteiger partial charge in [-0.1, -0.05) is 0 Å². The van der Waals surface area contributed by atoms with Crippen LogP contribution in [0.3, 0.4) is 0 Å². The number of carbonyl (C=O) groups is 7. The zero-order valence-corrected chi connectivity index (χ0v) is 20.0. The number of nitrogens with zero attached hydrogens (tertiary/aromatic N) is 1. The molecule has 0 aliphatic heterocycles. The van der Waals surface area contributed by atoms with Gasteiger partial charge in [0, 0.05) is 13.5 Å². The van der Waals surface area contributed by atoms with Crippen LogP contribution in [0.1, 0.15) is 26.2 Å². The second kappa shape index (κ2) is 17.0. The number of nitrogens with two attached hydrogens (primary N) is 3. The predicted molar refractivity (Wildman–Crippen MR) is 124 cm³/mol. The molecule has 0 aromatic carbocycles. The molecule has 208 valence electrons. The van der Waals surface area contributed by atoms with Crippen LogP contribution in [0.2, 0.25) is 0 Å². The molecule has 0 heterocycles. The maximum Gasteiger partial charge on any atom is 0.329 e. The van der Waals surface area contributed by atoms with Crippen molar-refractivity contribution in [3.05, 3.63) is 0 Å². The molecule has 0 aliphatic carbocycles. The van der Waals surface area contributed by atoms with Gasteiger partial charge < -0.3 is 53.4 Å². The Morgan fingerprint density at radius 1 is 0.892 bits per heavy atom. The molecular weight excluding hydrogens is 500 g/mol. The highest BCUT2D eigenvalue weighted by atomic mass is 16.5. The molecule has 37 heavy (non-hydrogen) atoms. The zero-order chi connectivity index (χ0) is 28.5. The Morgan fingerprint density at radius 2 is 1.51 bits per heavy atom. The fraction of sp³-hybridized carbons (Fsp3) is 0.579. The Balaban J connectivity index is 5.15. The molecule has 18 heteroatoms. The monoisotopic (exact) mass is 532 g/mol. The van der Waals surface area contributed by atoms with Gasteiger partial charge >= 0.3 is 17.9 Å². The number of rotatable bonds is 17. The maximum atomic E-state index is 12.5. The van der Waals surface area contributed by atoms with Crippen LogP contribution in [-0.2, 0) is 38.3 Å². The van der Waals surface area contributed by atoms with Crippen molar-refractivity contribution < 1.29 is 48.5 Å². The van der Waals surface area contributed by atoms with Gasteiger partial charge in [-0.3, -0.25) is 33.8 Å². The third-order valence-corrected chi connectivity index (χ3v) is 4.30. The van der Waals surface area contributed by atoms with Crippen LogP contribution < -0.4 is 38.5 Å².